The zero-order valence-corrected chi connectivity index (χ0v) is 13.3. The summed E-state index contributed by atoms with van der Waals surface area (Å²) in [6, 6.07) is 20.1. The highest BCUT2D eigenvalue weighted by Gasteiger charge is 2.09. The molecule has 4 rings (SSSR count). The van der Waals surface area contributed by atoms with Gasteiger partial charge in [0.05, 0.1) is 0 Å². The minimum absolute atomic E-state index is 0.112. The molecule has 2 heterocycles. The van der Waals surface area contributed by atoms with Crippen LogP contribution in [0.3, 0.4) is 0 Å². The van der Waals surface area contributed by atoms with E-state index < -0.39 is 0 Å². The van der Waals surface area contributed by atoms with Crippen molar-refractivity contribution >= 4 is 27.5 Å². The second-order valence-electron chi connectivity index (χ2n) is 5.89. The summed E-state index contributed by atoms with van der Waals surface area (Å²) in [7, 11) is 0. The standard InChI is InChI=1S/C20H17N3O/c1-13(14-6-3-2-4-7-14)22-15-9-10-17-18(12-15)16-8-5-11-21-19(16)23-20(17)24/h2-13,22H,1H3,(H,21,23,24)/t13-/m0/s1. The molecule has 4 heteroatoms. The molecule has 1 atom stereocenters. The van der Waals surface area contributed by atoms with Crippen LogP contribution in [0.25, 0.3) is 21.8 Å². The SMILES string of the molecule is C[C@H](Nc1ccc2c(=O)[nH]c3ncccc3c2c1)c1ccccc1. The van der Waals surface area contributed by atoms with Gasteiger partial charge in [-0.2, -0.15) is 0 Å². The molecule has 0 aliphatic heterocycles. The molecule has 0 aliphatic rings. The first-order valence-corrected chi connectivity index (χ1v) is 7.94. The number of rotatable bonds is 3. The third-order valence-electron chi connectivity index (χ3n) is 4.28. The minimum Gasteiger partial charge on any atom is -0.379 e. The molecule has 4 nitrogen and oxygen atoms in total. The van der Waals surface area contributed by atoms with Crippen molar-refractivity contribution in [1.29, 1.82) is 0 Å². The van der Waals surface area contributed by atoms with Gasteiger partial charge in [0.1, 0.15) is 5.65 Å². The second-order valence-corrected chi connectivity index (χ2v) is 5.89. The Hall–Kier alpha value is -3.14. The van der Waals surface area contributed by atoms with Crippen molar-refractivity contribution in [1.82, 2.24) is 9.97 Å². The fourth-order valence-electron chi connectivity index (χ4n) is 3.03. The molecule has 0 saturated carbocycles. The maximum absolute atomic E-state index is 12.2. The van der Waals surface area contributed by atoms with Gasteiger partial charge in [-0.1, -0.05) is 30.3 Å². The smallest absolute Gasteiger partial charge is 0.257 e. The molecule has 0 amide bonds. The van der Waals surface area contributed by atoms with Gasteiger partial charge in [-0.3, -0.25) is 4.79 Å². The average molecular weight is 315 g/mol. The van der Waals surface area contributed by atoms with Crippen molar-refractivity contribution in [2.75, 3.05) is 5.32 Å². The van der Waals surface area contributed by atoms with Crippen molar-refractivity contribution in [3.05, 3.63) is 82.8 Å². The van der Waals surface area contributed by atoms with E-state index in [1.54, 1.807) is 6.20 Å². The molecule has 0 radical (unpaired) electrons. The maximum atomic E-state index is 12.2. The van der Waals surface area contributed by atoms with E-state index in [9.17, 15) is 4.79 Å². The molecular weight excluding hydrogens is 298 g/mol. The van der Waals surface area contributed by atoms with Gasteiger partial charge < -0.3 is 10.3 Å². The monoisotopic (exact) mass is 315 g/mol. The number of hydrogen-bond acceptors (Lipinski definition) is 3. The summed E-state index contributed by atoms with van der Waals surface area (Å²) < 4.78 is 0. The predicted octanol–water partition coefficient (Wildman–Crippen LogP) is 4.25. The van der Waals surface area contributed by atoms with Crippen molar-refractivity contribution in [3.63, 3.8) is 0 Å². The topological polar surface area (TPSA) is 57.8 Å². The van der Waals surface area contributed by atoms with Gasteiger partial charge in [0.15, 0.2) is 0 Å². The summed E-state index contributed by atoms with van der Waals surface area (Å²) in [5.74, 6) is 0. The quantitative estimate of drug-likeness (QED) is 0.556. The van der Waals surface area contributed by atoms with Crippen LogP contribution in [0, 0.1) is 0 Å². The van der Waals surface area contributed by atoms with E-state index in [0.29, 0.717) is 11.0 Å². The number of nitrogens with one attached hydrogen (secondary N) is 2. The molecule has 4 aromatic rings. The Morgan fingerprint density at radius 3 is 2.62 bits per heavy atom. The van der Waals surface area contributed by atoms with E-state index in [-0.39, 0.29) is 11.6 Å². The van der Waals surface area contributed by atoms with Crippen LogP contribution < -0.4 is 10.9 Å². The number of pyridine rings is 2. The Morgan fingerprint density at radius 2 is 1.79 bits per heavy atom. The normalized spacial score (nSPS) is 12.4. The molecule has 0 saturated heterocycles. The predicted molar refractivity (Wildman–Crippen MR) is 98.3 cm³/mol. The second kappa shape index (κ2) is 5.81. The molecule has 0 unspecified atom stereocenters. The van der Waals surface area contributed by atoms with Gasteiger partial charge in [-0.05, 0) is 42.8 Å². The Morgan fingerprint density at radius 1 is 0.958 bits per heavy atom. The number of nitrogens with zero attached hydrogens (tertiary/aromatic N) is 1. The molecule has 0 spiro atoms. The van der Waals surface area contributed by atoms with Crippen molar-refractivity contribution in [2.45, 2.75) is 13.0 Å². The highest BCUT2D eigenvalue weighted by molar-refractivity contribution is 6.05. The highest BCUT2D eigenvalue weighted by Crippen LogP contribution is 2.25. The third-order valence-corrected chi connectivity index (χ3v) is 4.28. The Kier molecular flexibility index (Phi) is 3.50. The Bertz CT molecular complexity index is 1070. The summed E-state index contributed by atoms with van der Waals surface area (Å²) in [4.78, 5) is 19.3. The van der Waals surface area contributed by atoms with Crippen LogP contribution in [0.5, 0.6) is 0 Å². The number of aromatic nitrogens is 2. The van der Waals surface area contributed by atoms with Crippen LogP contribution in [0.1, 0.15) is 18.5 Å². The maximum Gasteiger partial charge on any atom is 0.257 e. The molecule has 2 aromatic carbocycles. The Labute approximate surface area is 139 Å². The molecule has 2 N–H and O–H groups in total. The van der Waals surface area contributed by atoms with Crippen LogP contribution in [0.15, 0.2) is 71.7 Å². The Balaban J connectivity index is 1.80. The lowest BCUT2D eigenvalue weighted by Gasteiger charge is -2.16. The molecule has 118 valence electrons. The van der Waals surface area contributed by atoms with E-state index in [1.165, 1.54) is 5.56 Å². The largest absolute Gasteiger partial charge is 0.379 e. The van der Waals surface area contributed by atoms with E-state index in [4.69, 9.17) is 0 Å². The number of anilines is 1. The molecule has 24 heavy (non-hydrogen) atoms. The van der Waals surface area contributed by atoms with Gasteiger partial charge in [0.2, 0.25) is 0 Å². The first-order chi connectivity index (χ1) is 11.7. The first kappa shape index (κ1) is 14.5. The average Bonchev–Trinajstić information content (AvgIpc) is 2.62. The van der Waals surface area contributed by atoms with Gasteiger partial charge in [0.25, 0.3) is 5.56 Å². The number of fused-ring (bicyclic) bond motifs is 3. The summed E-state index contributed by atoms with van der Waals surface area (Å²) in [6.07, 6.45) is 1.68. The summed E-state index contributed by atoms with van der Waals surface area (Å²) in [6.45, 7) is 2.12. The van der Waals surface area contributed by atoms with Crippen LogP contribution in [-0.2, 0) is 0 Å². The van der Waals surface area contributed by atoms with Crippen molar-refractivity contribution in [3.8, 4) is 0 Å². The number of benzene rings is 2. The first-order valence-electron chi connectivity index (χ1n) is 7.94. The zero-order valence-electron chi connectivity index (χ0n) is 13.3. The van der Waals surface area contributed by atoms with Crippen LogP contribution >= 0.6 is 0 Å². The van der Waals surface area contributed by atoms with Crippen molar-refractivity contribution < 1.29 is 0 Å². The van der Waals surface area contributed by atoms with Gasteiger partial charge in [0, 0.05) is 34.1 Å². The summed E-state index contributed by atoms with van der Waals surface area (Å²) in [5.41, 5.74) is 2.70. The van der Waals surface area contributed by atoms with Gasteiger partial charge in [-0.15, -0.1) is 0 Å². The fourth-order valence-corrected chi connectivity index (χ4v) is 3.03. The zero-order chi connectivity index (χ0) is 16.5. The van der Waals surface area contributed by atoms with E-state index in [0.717, 1.165) is 16.5 Å². The third kappa shape index (κ3) is 2.52. The summed E-state index contributed by atoms with van der Waals surface area (Å²) in [5, 5.41) is 6.03. The number of aromatic amines is 1. The lowest BCUT2D eigenvalue weighted by Crippen LogP contribution is -2.09. The van der Waals surface area contributed by atoms with E-state index >= 15 is 0 Å². The van der Waals surface area contributed by atoms with Crippen molar-refractivity contribution in [2.24, 2.45) is 0 Å². The molecular formula is C20H17N3O. The molecule has 0 fully saturated rings. The molecule has 0 bridgehead atoms. The van der Waals surface area contributed by atoms with Crippen LogP contribution in [-0.4, -0.2) is 9.97 Å². The lowest BCUT2D eigenvalue weighted by atomic mass is 10.1. The van der Waals surface area contributed by atoms with Gasteiger partial charge >= 0.3 is 0 Å². The van der Waals surface area contributed by atoms with E-state index in [2.05, 4.69) is 34.3 Å². The van der Waals surface area contributed by atoms with Gasteiger partial charge in [-0.25, -0.2) is 4.98 Å². The highest BCUT2D eigenvalue weighted by atomic mass is 16.1. The van der Waals surface area contributed by atoms with Crippen LogP contribution in [0.4, 0.5) is 5.69 Å². The lowest BCUT2D eigenvalue weighted by molar-refractivity contribution is 0.885. The molecule has 0 aliphatic carbocycles. The fraction of sp³-hybridized carbons (Fsp3) is 0.100. The number of hydrogen-bond donors (Lipinski definition) is 2. The van der Waals surface area contributed by atoms with E-state index in [1.807, 2.05) is 48.5 Å². The minimum atomic E-state index is -0.112. The summed E-state index contributed by atoms with van der Waals surface area (Å²) >= 11 is 0. The van der Waals surface area contributed by atoms with Crippen LogP contribution in [0.2, 0.25) is 0 Å². The number of H-pyrrole nitrogens is 1. The molecule has 2 aromatic heterocycles.